The summed E-state index contributed by atoms with van der Waals surface area (Å²) in [6.45, 7) is 1.01. The zero-order valence-corrected chi connectivity index (χ0v) is 8.57. The fraction of sp³-hybridized carbons (Fsp3) is 0.417. The average Bonchev–Trinajstić information content (AvgIpc) is 2.30. The standard InChI is InChI=1S/C12H14N2O/c15-12-11-7-3-4-8-14(11)10-6-2-1-5-9(10)13-12/h1-2,5-6,11H,3-4,7-8H2,(H,13,15)/t11-/m1/s1. The van der Waals surface area contributed by atoms with Crippen molar-refractivity contribution in [3.63, 3.8) is 0 Å². The van der Waals surface area contributed by atoms with Crippen LogP contribution in [0.2, 0.25) is 0 Å². The maximum atomic E-state index is 11.8. The fourth-order valence-electron chi connectivity index (χ4n) is 2.54. The summed E-state index contributed by atoms with van der Waals surface area (Å²) in [7, 11) is 0. The third-order valence-corrected chi connectivity index (χ3v) is 3.28. The Hall–Kier alpha value is -1.51. The summed E-state index contributed by atoms with van der Waals surface area (Å²) in [6, 6.07) is 8.12. The van der Waals surface area contributed by atoms with Gasteiger partial charge in [0.25, 0.3) is 0 Å². The minimum absolute atomic E-state index is 0.0636. The van der Waals surface area contributed by atoms with Gasteiger partial charge in [-0.2, -0.15) is 0 Å². The van der Waals surface area contributed by atoms with Crippen molar-refractivity contribution in [1.82, 2.24) is 0 Å². The molecule has 0 aliphatic carbocycles. The van der Waals surface area contributed by atoms with Crippen molar-refractivity contribution in [3.8, 4) is 0 Å². The van der Waals surface area contributed by atoms with Crippen LogP contribution in [0.4, 0.5) is 11.4 Å². The van der Waals surface area contributed by atoms with Crippen LogP contribution < -0.4 is 10.2 Å². The van der Waals surface area contributed by atoms with E-state index in [4.69, 9.17) is 0 Å². The Balaban J connectivity index is 2.06. The van der Waals surface area contributed by atoms with Crippen LogP contribution in [0.3, 0.4) is 0 Å². The van der Waals surface area contributed by atoms with Crippen molar-refractivity contribution < 1.29 is 4.79 Å². The highest BCUT2D eigenvalue weighted by Crippen LogP contribution is 2.35. The number of piperidine rings is 1. The summed E-state index contributed by atoms with van der Waals surface area (Å²) in [4.78, 5) is 14.1. The third-order valence-electron chi connectivity index (χ3n) is 3.28. The van der Waals surface area contributed by atoms with Gasteiger partial charge < -0.3 is 10.2 Å². The van der Waals surface area contributed by atoms with Crippen molar-refractivity contribution in [2.24, 2.45) is 0 Å². The maximum absolute atomic E-state index is 11.8. The van der Waals surface area contributed by atoms with E-state index in [-0.39, 0.29) is 11.9 Å². The first-order valence-electron chi connectivity index (χ1n) is 5.53. The quantitative estimate of drug-likeness (QED) is 0.697. The van der Waals surface area contributed by atoms with Crippen LogP contribution in [-0.4, -0.2) is 18.5 Å². The Bertz CT molecular complexity index is 402. The Morgan fingerprint density at radius 1 is 1.27 bits per heavy atom. The number of hydrogen-bond donors (Lipinski definition) is 1. The zero-order valence-electron chi connectivity index (χ0n) is 8.57. The summed E-state index contributed by atoms with van der Waals surface area (Å²) in [5.41, 5.74) is 2.14. The number of benzene rings is 1. The molecule has 3 nitrogen and oxygen atoms in total. The molecule has 2 aliphatic heterocycles. The van der Waals surface area contributed by atoms with Crippen molar-refractivity contribution >= 4 is 17.3 Å². The smallest absolute Gasteiger partial charge is 0.247 e. The van der Waals surface area contributed by atoms with Crippen LogP contribution in [0.25, 0.3) is 0 Å². The molecule has 1 N–H and O–H groups in total. The second-order valence-electron chi connectivity index (χ2n) is 4.21. The van der Waals surface area contributed by atoms with Gasteiger partial charge in [0.05, 0.1) is 11.4 Å². The van der Waals surface area contributed by atoms with E-state index in [0.29, 0.717) is 0 Å². The van der Waals surface area contributed by atoms with Crippen LogP contribution in [0, 0.1) is 0 Å². The van der Waals surface area contributed by atoms with E-state index >= 15 is 0 Å². The maximum Gasteiger partial charge on any atom is 0.247 e. The van der Waals surface area contributed by atoms with E-state index < -0.39 is 0 Å². The van der Waals surface area contributed by atoms with E-state index in [1.54, 1.807) is 0 Å². The Kier molecular flexibility index (Phi) is 1.91. The fourth-order valence-corrected chi connectivity index (χ4v) is 2.54. The lowest BCUT2D eigenvalue weighted by molar-refractivity contribution is -0.118. The predicted octanol–water partition coefficient (Wildman–Crippen LogP) is 2.00. The highest BCUT2D eigenvalue weighted by Gasteiger charge is 2.33. The highest BCUT2D eigenvalue weighted by atomic mass is 16.2. The number of para-hydroxylation sites is 2. The molecule has 0 radical (unpaired) electrons. The van der Waals surface area contributed by atoms with Gasteiger partial charge in [-0.3, -0.25) is 4.79 Å². The number of rotatable bonds is 0. The molecule has 0 unspecified atom stereocenters. The summed E-state index contributed by atoms with van der Waals surface area (Å²) in [6.07, 6.45) is 3.34. The van der Waals surface area contributed by atoms with E-state index in [0.717, 1.165) is 25.1 Å². The van der Waals surface area contributed by atoms with Gasteiger partial charge in [-0.1, -0.05) is 12.1 Å². The van der Waals surface area contributed by atoms with E-state index in [1.807, 2.05) is 18.2 Å². The van der Waals surface area contributed by atoms with Crippen LogP contribution in [0.1, 0.15) is 19.3 Å². The molecule has 0 aromatic heterocycles. The van der Waals surface area contributed by atoms with Crippen molar-refractivity contribution in [2.45, 2.75) is 25.3 Å². The van der Waals surface area contributed by atoms with Gasteiger partial charge in [0.1, 0.15) is 6.04 Å². The van der Waals surface area contributed by atoms with Crippen molar-refractivity contribution in [1.29, 1.82) is 0 Å². The molecular weight excluding hydrogens is 188 g/mol. The predicted molar refractivity (Wildman–Crippen MR) is 60.1 cm³/mol. The summed E-state index contributed by atoms with van der Waals surface area (Å²) >= 11 is 0. The van der Waals surface area contributed by atoms with Gasteiger partial charge in [-0.05, 0) is 31.4 Å². The Morgan fingerprint density at radius 3 is 3.07 bits per heavy atom. The van der Waals surface area contributed by atoms with Gasteiger partial charge in [-0.15, -0.1) is 0 Å². The number of amides is 1. The number of nitrogens with one attached hydrogen (secondary N) is 1. The Morgan fingerprint density at radius 2 is 2.13 bits per heavy atom. The molecule has 1 amide bonds. The molecule has 3 rings (SSSR count). The molecule has 1 fully saturated rings. The van der Waals surface area contributed by atoms with E-state index in [1.165, 1.54) is 12.1 Å². The van der Waals surface area contributed by atoms with Gasteiger partial charge in [0, 0.05) is 6.54 Å². The van der Waals surface area contributed by atoms with Gasteiger partial charge in [-0.25, -0.2) is 0 Å². The first-order valence-corrected chi connectivity index (χ1v) is 5.53. The molecule has 3 heteroatoms. The number of nitrogens with zero attached hydrogens (tertiary/aromatic N) is 1. The first kappa shape index (κ1) is 8.77. The van der Waals surface area contributed by atoms with Crippen molar-refractivity contribution in [3.05, 3.63) is 24.3 Å². The van der Waals surface area contributed by atoms with Gasteiger partial charge in [0.2, 0.25) is 5.91 Å². The molecule has 0 spiro atoms. The lowest BCUT2D eigenvalue weighted by atomic mass is 9.97. The minimum Gasteiger partial charge on any atom is -0.358 e. The normalized spacial score (nSPS) is 24.1. The molecule has 1 atom stereocenters. The average molecular weight is 202 g/mol. The van der Waals surface area contributed by atoms with Crippen molar-refractivity contribution in [2.75, 3.05) is 16.8 Å². The molecule has 1 aromatic rings. The number of fused-ring (bicyclic) bond motifs is 3. The summed E-state index contributed by atoms with van der Waals surface area (Å²) in [5.74, 6) is 0.161. The number of hydrogen-bond acceptors (Lipinski definition) is 2. The first-order chi connectivity index (χ1) is 7.36. The monoisotopic (exact) mass is 202 g/mol. The lowest BCUT2D eigenvalue weighted by Gasteiger charge is -2.40. The molecular formula is C12H14N2O. The summed E-state index contributed by atoms with van der Waals surface area (Å²) < 4.78 is 0. The van der Waals surface area contributed by atoms with Gasteiger partial charge >= 0.3 is 0 Å². The number of anilines is 2. The SMILES string of the molecule is O=C1Nc2ccccc2N2CCCC[C@H]12. The van der Waals surface area contributed by atoms with E-state index in [2.05, 4.69) is 16.3 Å². The lowest BCUT2D eigenvalue weighted by Crippen LogP contribution is -2.50. The molecule has 78 valence electrons. The van der Waals surface area contributed by atoms with Crippen LogP contribution in [0.15, 0.2) is 24.3 Å². The minimum atomic E-state index is 0.0636. The van der Waals surface area contributed by atoms with E-state index in [9.17, 15) is 4.79 Å². The number of carbonyl (C=O) groups excluding carboxylic acids is 1. The molecule has 2 heterocycles. The topological polar surface area (TPSA) is 32.3 Å². The second-order valence-corrected chi connectivity index (χ2v) is 4.21. The molecule has 15 heavy (non-hydrogen) atoms. The summed E-state index contributed by atoms with van der Waals surface area (Å²) in [5, 5.41) is 2.98. The molecule has 1 saturated heterocycles. The molecule has 2 aliphatic rings. The molecule has 1 aromatic carbocycles. The molecule has 0 saturated carbocycles. The zero-order chi connectivity index (χ0) is 10.3. The van der Waals surface area contributed by atoms with Gasteiger partial charge in [0.15, 0.2) is 0 Å². The number of carbonyl (C=O) groups is 1. The largest absolute Gasteiger partial charge is 0.358 e. The Labute approximate surface area is 89.1 Å². The highest BCUT2D eigenvalue weighted by molar-refractivity contribution is 6.03. The molecule has 0 bridgehead atoms. The van der Waals surface area contributed by atoms with Crippen LogP contribution in [0.5, 0.6) is 0 Å². The van der Waals surface area contributed by atoms with Crippen LogP contribution in [-0.2, 0) is 4.79 Å². The third kappa shape index (κ3) is 1.30. The van der Waals surface area contributed by atoms with Crippen LogP contribution >= 0.6 is 0 Å². The second kappa shape index (κ2) is 3.26.